The highest BCUT2D eigenvalue weighted by atomic mass is 79.9. The molecule has 6 aromatic carbocycles. The lowest BCUT2D eigenvalue weighted by Gasteiger charge is -2.39. The van der Waals surface area contributed by atoms with Gasteiger partial charge in [-0.3, -0.25) is 77.5 Å². The molecular weight excluding hydrogens is 1950 g/mol. The van der Waals surface area contributed by atoms with Crippen LogP contribution in [0.25, 0.3) is 11.3 Å². The van der Waals surface area contributed by atoms with Gasteiger partial charge in [-0.15, -0.1) is 0 Å². The van der Waals surface area contributed by atoms with Gasteiger partial charge in [0.2, 0.25) is 35.4 Å². The van der Waals surface area contributed by atoms with Crippen LogP contribution in [0.2, 0.25) is 15.1 Å². The third-order valence-corrected chi connectivity index (χ3v) is 26.8. The van der Waals surface area contributed by atoms with Crippen molar-refractivity contribution in [2.45, 2.75) is 188 Å². The summed E-state index contributed by atoms with van der Waals surface area (Å²) in [6, 6.07) is 38.7. The molecule has 0 bridgehead atoms. The molecule has 0 radical (unpaired) electrons. The van der Waals surface area contributed by atoms with Crippen molar-refractivity contribution in [3.05, 3.63) is 277 Å². The fraction of sp³-hybridized carbons (Fsp3) is 0.306. The van der Waals surface area contributed by atoms with Crippen LogP contribution in [0, 0.1) is 51.4 Å². The lowest BCUT2D eigenvalue weighted by Crippen LogP contribution is -2.56. The molecule has 714 valence electrons. The highest BCUT2D eigenvalue weighted by Crippen LogP contribution is 2.47. The standard InChI is InChI=1S/C35H34BClF3N5O5.C34H26ClF3N6O3.C29H22BrClF3N5O3/c1-33(2)34(3,4)50-36(49-33)24-10-9-22(16-26(24)38)44(32(48)27-11-12-29(46)45(27)28-15-20(19-41)13-14-42-28)30(23-7-5-6-8-25(23)37)31(47)43-21-17-35(39,40)18-21;35-25-6-2-1-5-23(25)31(32(46)42-21-17-34(37,38)18-21)43(22-8-9-24(26(36)16-22)27-7-3-4-13-40-27)33(47)28-10-11-30(45)44(28)29-15-20(19-39)12-14-41-29;30-20-6-5-18(12-22(20)32)38(28(42)23-7-8-25(40)39(23)24-11-16(15-35)9-10-36-24)26(19-3-1-2-4-21(19)31)27(41)37-17-13-29(33,34)14-17/h5-10,13-16,21,27,30H,11-12,17-18H2,1-4H3,(H,43,47);1-9,12-16,21,28,31H,10-11,17-18H2,(H,42,46);1-6,9-12,17,23,26H,7-8,13-14H2,(H,37,41)/t27-,30-;28-,31-;23-,26-/m000/s1. The van der Waals surface area contributed by atoms with E-state index in [9.17, 15) is 89.7 Å². The normalized spacial score (nSPS) is 19.3. The van der Waals surface area contributed by atoms with Gasteiger partial charge in [-0.25, -0.2) is 54.5 Å². The summed E-state index contributed by atoms with van der Waals surface area (Å²) >= 11 is 22.8. The Hall–Kier alpha value is -13.7. The Morgan fingerprint density at radius 2 is 0.755 bits per heavy atom. The summed E-state index contributed by atoms with van der Waals surface area (Å²) in [7, 11) is -1.08. The van der Waals surface area contributed by atoms with Gasteiger partial charge in [-0.05, 0) is 178 Å². The molecule has 0 unspecified atom stereocenters. The SMILES string of the molecule is CC1(C)OB(c2ccc(N(C(=O)[C@@H]3CCC(=O)N3c3cc(C#N)ccn3)[C@H](C(=O)NC3CC(F)(F)C3)c3ccccc3Cl)cc2F)OC1(C)C.N#Cc1ccnc(N2C(=O)CC[C@H]2C(=O)N(c2ccc(-c3ccccn3)c(F)c2)[C@H](C(=O)NC2CC(F)(F)C2)c2ccccc2Cl)c1.N#Cc1ccnc(N2C(=O)CC[C@H]2C(=O)N(c2ccc(Br)c(F)c2)[C@H](C(=O)NC2CC(F)(F)C2)c2ccccc2Cl)c1. The minimum atomic E-state index is -2.95. The van der Waals surface area contributed by atoms with Crippen LogP contribution >= 0.6 is 50.7 Å². The number of halogens is 13. The molecule has 10 aromatic rings. The molecule has 4 saturated heterocycles. The molecule has 3 saturated carbocycles. The predicted molar refractivity (Wildman–Crippen MR) is 498 cm³/mol. The van der Waals surface area contributed by atoms with Crippen molar-refractivity contribution in [1.82, 2.24) is 35.9 Å². The van der Waals surface area contributed by atoms with Crippen LogP contribution in [0.1, 0.15) is 156 Å². The molecule has 41 heteroatoms. The number of amides is 9. The molecule has 17 rings (SSSR count). The van der Waals surface area contributed by atoms with Crippen molar-refractivity contribution < 1.29 is 92.0 Å². The zero-order chi connectivity index (χ0) is 99.6. The molecule has 6 atom stereocenters. The molecule has 7 aliphatic rings. The highest BCUT2D eigenvalue weighted by Gasteiger charge is 2.56. The van der Waals surface area contributed by atoms with Gasteiger partial charge in [-0.1, -0.05) is 102 Å². The molecule has 8 heterocycles. The first-order chi connectivity index (χ1) is 66.1. The van der Waals surface area contributed by atoms with E-state index < -0.39 is 200 Å². The van der Waals surface area contributed by atoms with Crippen LogP contribution in [0.4, 0.5) is 74.0 Å². The molecule has 4 aliphatic heterocycles. The van der Waals surface area contributed by atoms with Crippen LogP contribution in [0.5, 0.6) is 0 Å². The highest BCUT2D eigenvalue weighted by molar-refractivity contribution is 9.10. The number of hydrogen-bond acceptors (Lipinski definition) is 18. The lowest BCUT2D eigenvalue weighted by molar-refractivity contribution is -0.133. The minimum Gasteiger partial charge on any atom is -0.399 e. The Kier molecular flexibility index (Phi) is 29.3. The molecule has 139 heavy (non-hydrogen) atoms. The van der Waals surface area contributed by atoms with E-state index in [1.54, 1.807) is 54.6 Å². The van der Waals surface area contributed by atoms with Crippen molar-refractivity contribution in [3.63, 3.8) is 0 Å². The first-order valence-corrected chi connectivity index (χ1v) is 45.6. The number of nitrogens with zero attached hydrogens (tertiary/aromatic N) is 13. The topological polar surface area (TPSA) is 351 Å². The fourth-order valence-corrected chi connectivity index (χ4v) is 18.4. The van der Waals surface area contributed by atoms with Crippen molar-refractivity contribution in [2.24, 2.45) is 0 Å². The average Bonchev–Trinajstić information content (AvgIpc) is 1.73. The Morgan fingerprint density at radius 3 is 1.06 bits per heavy atom. The van der Waals surface area contributed by atoms with Gasteiger partial charge in [0.15, 0.2) is 0 Å². The number of alkyl halides is 6. The number of carbonyl (C=O) groups is 9. The zero-order valence-electron chi connectivity index (χ0n) is 74.1. The van der Waals surface area contributed by atoms with Crippen molar-refractivity contribution in [1.29, 1.82) is 15.8 Å². The molecule has 3 aliphatic carbocycles. The number of hydrogen-bond donors (Lipinski definition) is 3. The number of carbonyl (C=O) groups excluding carboxylic acids is 9. The van der Waals surface area contributed by atoms with Gasteiger partial charge < -0.3 is 25.3 Å². The van der Waals surface area contributed by atoms with Gasteiger partial charge >= 0.3 is 7.12 Å². The Bertz CT molecular complexity index is 6630. The average molecular weight is 2030 g/mol. The number of nitriles is 3. The van der Waals surface area contributed by atoms with Crippen LogP contribution in [0.3, 0.4) is 0 Å². The van der Waals surface area contributed by atoms with Crippen LogP contribution in [0.15, 0.2) is 211 Å². The first kappa shape index (κ1) is 99.8. The van der Waals surface area contributed by atoms with Crippen molar-refractivity contribution in [2.75, 3.05) is 29.4 Å². The smallest absolute Gasteiger partial charge is 0.399 e. The van der Waals surface area contributed by atoms with Gasteiger partial charge in [-0.2, -0.15) is 15.8 Å². The Labute approximate surface area is 813 Å². The monoisotopic (exact) mass is 2020 g/mol. The molecule has 4 aromatic heterocycles. The van der Waals surface area contributed by atoms with Crippen LogP contribution in [-0.4, -0.2) is 145 Å². The molecule has 27 nitrogen and oxygen atoms in total. The number of nitrogens with one attached hydrogen (secondary N) is 3. The second kappa shape index (κ2) is 40.8. The quantitative estimate of drug-likeness (QED) is 0.0395. The maximum Gasteiger partial charge on any atom is 0.497 e. The summed E-state index contributed by atoms with van der Waals surface area (Å²) in [6.07, 6.45) is 1.94. The summed E-state index contributed by atoms with van der Waals surface area (Å²) in [4.78, 5) is 149. The lowest BCUT2D eigenvalue weighted by atomic mass is 9.78. The van der Waals surface area contributed by atoms with E-state index in [4.69, 9.17) is 44.1 Å². The first-order valence-electron chi connectivity index (χ1n) is 43.7. The van der Waals surface area contributed by atoms with E-state index in [0.717, 1.165) is 47.6 Å². The number of aromatic nitrogens is 4. The van der Waals surface area contributed by atoms with Crippen molar-refractivity contribution >= 4 is 151 Å². The Balaban J connectivity index is 0.000000158. The van der Waals surface area contributed by atoms with E-state index in [2.05, 4.69) is 51.8 Å². The van der Waals surface area contributed by atoms with Crippen molar-refractivity contribution in [3.8, 4) is 29.5 Å². The summed E-state index contributed by atoms with van der Waals surface area (Å²) in [5.41, 5.74) is -0.121. The number of benzene rings is 6. The van der Waals surface area contributed by atoms with Gasteiger partial charge in [0, 0.05) is 161 Å². The van der Waals surface area contributed by atoms with E-state index in [0.29, 0.717) is 5.69 Å². The van der Waals surface area contributed by atoms with Gasteiger partial charge in [0.25, 0.3) is 35.5 Å². The fourth-order valence-electron chi connectivity index (χ4n) is 17.4. The largest absolute Gasteiger partial charge is 0.497 e. The predicted octanol–water partition coefficient (Wildman–Crippen LogP) is 16.9. The summed E-state index contributed by atoms with van der Waals surface area (Å²) in [5.74, 6) is -17.0. The molecule has 0 spiro atoms. The third-order valence-electron chi connectivity index (χ3n) is 25.1. The number of pyridine rings is 4. The summed E-state index contributed by atoms with van der Waals surface area (Å²) in [6.45, 7) is 7.28. The Morgan fingerprint density at radius 1 is 0.432 bits per heavy atom. The maximum absolute atomic E-state index is 16.2. The summed E-state index contributed by atoms with van der Waals surface area (Å²) in [5, 5.41) is 36.3. The van der Waals surface area contributed by atoms with Crippen LogP contribution < -0.4 is 50.8 Å². The second-order valence-corrected chi connectivity index (χ2v) is 37.2. The number of rotatable bonds is 23. The second-order valence-electron chi connectivity index (χ2n) is 35.1. The van der Waals surface area contributed by atoms with Gasteiger partial charge in [0.1, 0.15) is 71.2 Å². The van der Waals surface area contributed by atoms with E-state index >= 15 is 8.78 Å². The van der Waals surface area contributed by atoms with E-state index in [-0.39, 0.29) is 137 Å². The molecule has 7 fully saturated rings. The number of anilines is 6. The summed E-state index contributed by atoms with van der Waals surface area (Å²) < 4.78 is 141. The minimum absolute atomic E-state index is 0.00677. The van der Waals surface area contributed by atoms with Crippen LogP contribution in [-0.2, 0) is 52.5 Å². The van der Waals surface area contributed by atoms with E-state index in [1.165, 1.54) is 134 Å². The molecule has 9 amide bonds. The third kappa shape index (κ3) is 21.5. The molecular formula is C98H82BBrCl3F9N16O11. The maximum atomic E-state index is 16.2. The van der Waals surface area contributed by atoms with Gasteiger partial charge in [0.05, 0.1) is 56.3 Å². The zero-order valence-corrected chi connectivity index (χ0v) is 78.0. The van der Waals surface area contributed by atoms with E-state index in [1.807, 2.05) is 45.9 Å². The molecule has 3 N–H and O–H groups in total.